The maximum atomic E-state index is 14.3. The van der Waals surface area contributed by atoms with E-state index in [1.165, 1.54) is 420 Å². The van der Waals surface area contributed by atoms with E-state index in [2.05, 4.69) is 178 Å². The lowest BCUT2D eigenvalue weighted by Crippen LogP contribution is -2.27. The van der Waals surface area contributed by atoms with Gasteiger partial charge in [0.2, 0.25) is 0 Å². The van der Waals surface area contributed by atoms with Gasteiger partial charge >= 0.3 is 0 Å². The third-order valence-corrected chi connectivity index (χ3v) is 25.6. The van der Waals surface area contributed by atoms with Gasteiger partial charge in [0.1, 0.15) is 5.75 Å². The van der Waals surface area contributed by atoms with Gasteiger partial charge in [-0.25, -0.2) is 0 Å². The monoisotopic (exact) mass is 1470 g/mol. The molecule has 0 saturated heterocycles. The van der Waals surface area contributed by atoms with Gasteiger partial charge in [-0.1, -0.05) is 402 Å². The number of nitrogens with zero attached hydrogens (tertiary/aromatic N) is 3. The Balaban J connectivity index is 1.24. The number of hydrogen-bond donors (Lipinski definition) is 1. The molecule has 0 bridgehead atoms. The van der Waals surface area contributed by atoms with Gasteiger partial charge in [-0.15, -0.1) is 0 Å². The fraction of sp³-hybridized carbons (Fsp3) is 0.600. The van der Waals surface area contributed by atoms with Gasteiger partial charge in [-0.2, -0.15) is 0 Å². The molecule has 109 heavy (non-hydrogen) atoms. The summed E-state index contributed by atoms with van der Waals surface area (Å²) in [6, 6.07) is 48.4. The first-order chi connectivity index (χ1) is 53.9. The van der Waals surface area contributed by atoms with Crippen molar-refractivity contribution in [3.8, 4) is 72.5 Å². The summed E-state index contributed by atoms with van der Waals surface area (Å²) in [4.78, 5) is 8.73. The van der Waals surface area contributed by atoms with E-state index in [1.807, 2.05) is 0 Å². The van der Waals surface area contributed by atoms with Crippen molar-refractivity contribution >= 4 is 17.1 Å². The van der Waals surface area contributed by atoms with E-state index >= 15 is 0 Å². The SMILES string of the molecule is CCCCCCCCCCN(CCCCCCCCCC)c1ccc2c(c1-c1ccc(O)c(-c3c(N(CCCCCCCCCC)CCCCCCCCCC)ccc4c3Cc3ccccc3-4)c1-c1c(N(CCCCCCCCCC)CCCCCCCCCC)ccc3c1Cc1ccccc1-3)Cc1ccccc1-2. The summed E-state index contributed by atoms with van der Waals surface area (Å²) in [6.45, 7) is 20.3. The zero-order chi connectivity index (χ0) is 75.9. The summed E-state index contributed by atoms with van der Waals surface area (Å²) in [5.41, 5.74) is 28.7. The van der Waals surface area contributed by atoms with Crippen molar-refractivity contribution in [1.29, 1.82) is 0 Å². The van der Waals surface area contributed by atoms with Crippen molar-refractivity contribution in [3.63, 3.8) is 0 Å². The van der Waals surface area contributed by atoms with E-state index in [0.717, 1.165) is 64.1 Å². The number of hydrogen-bond acceptors (Lipinski definition) is 4. The summed E-state index contributed by atoms with van der Waals surface area (Å²) < 4.78 is 0. The van der Waals surface area contributed by atoms with Crippen LogP contribution in [0.4, 0.5) is 17.1 Å². The highest BCUT2D eigenvalue weighted by Gasteiger charge is 2.37. The second-order valence-electron chi connectivity index (χ2n) is 34.2. The van der Waals surface area contributed by atoms with Crippen molar-refractivity contribution in [2.45, 2.75) is 369 Å². The van der Waals surface area contributed by atoms with E-state index in [0.29, 0.717) is 5.75 Å². The number of phenolic OH excluding ortho intramolecular Hbond substituents is 1. The van der Waals surface area contributed by atoms with E-state index in [-0.39, 0.29) is 0 Å². The first-order valence-electron chi connectivity index (χ1n) is 46.8. The molecule has 1 N–H and O–H groups in total. The van der Waals surface area contributed by atoms with E-state index in [9.17, 15) is 5.11 Å². The van der Waals surface area contributed by atoms with Gasteiger partial charge in [0.15, 0.2) is 0 Å². The summed E-state index contributed by atoms with van der Waals surface area (Å²) in [7, 11) is 0. The number of benzene rings is 7. The van der Waals surface area contributed by atoms with Crippen LogP contribution in [0.2, 0.25) is 0 Å². The van der Waals surface area contributed by atoms with Crippen molar-refractivity contribution in [3.05, 3.63) is 155 Å². The van der Waals surface area contributed by atoms with Crippen LogP contribution in [-0.2, 0) is 19.3 Å². The molecule has 7 aromatic carbocycles. The quantitative estimate of drug-likeness (QED) is 0.0385. The van der Waals surface area contributed by atoms with Crippen LogP contribution in [0, 0.1) is 0 Å². The molecule has 594 valence electrons. The molecule has 0 saturated carbocycles. The van der Waals surface area contributed by atoms with Crippen LogP contribution in [0.5, 0.6) is 5.75 Å². The first kappa shape index (κ1) is 85.2. The second kappa shape index (κ2) is 48.6. The number of unbranched alkanes of at least 4 members (excludes halogenated alkanes) is 42. The Hall–Kier alpha value is -6.26. The lowest BCUT2D eigenvalue weighted by molar-refractivity contribution is 0.477. The van der Waals surface area contributed by atoms with Crippen LogP contribution in [0.15, 0.2) is 121 Å². The minimum absolute atomic E-state index is 0.423. The second-order valence-corrected chi connectivity index (χ2v) is 34.2. The summed E-state index contributed by atoms with van der Waals surface area (Å²) in [6.07, 6.45) is 65.3. The Bertz CT molecular complexity index is 3680. The zero-order valence-corrected chi connectivity index (χ0v) is 70.6. The topological polar surface area (TPSA) is 30.0 Å². The van der Waals surface area contributed by atoms with Crippen LogP contribution in [0.3, 0.4) is 0 Å². The van der Waals surface area contributed by atoms with Crippen LogP contribution in [0.25, 0.3) is 66.8 Å². The molecule has 10 rings (SSSR count). The average molecular weight is 1470 g/mol. The number of rotatable bonds is 60. The summed E-state index contributed by atoms with van der Waals surface area (Å²) >= 11 is 0. The molecule has 0 atom stereocenters. The maximum Gasteiger partial charge on any atom is 0.124 e. The van der Waals surface area contributed by atoms with Crippen LogP contribution in [0.1, 0.15) is 383 Å². The molecule has 0 spiro atoms. The summed E-state index contributed by atoms with van der Waals surface area (Å²) in [5, 5.41) is 14.3. The predicted molar refractivity (Wildman–Crippen MR) is 481 cm³/mol. The van der Waals surface area contributed by atoms with Gasteiger partial charge in [-0.3, -0.25) is 0 Å². The Labute approximate surface area is 668 Å². The maximum absolute atomic E-state index is 14.3. The molecule has 0 radical (unpaired) electrons. The van der Waals surface area contributed by atoms with Crippen LogP contribution in [-0.4, -0.2) is 44.4 Å². The van der Waals surface area contributed by atoms with Gasteiger partial charge in [0.05, 0.1) is 0 Å². The number of anilines is 3. The lowest BCUT2D eigenvalue weighted by atomic mass is 9.79. The van der Waals surface area contributed by atoms with E-state index in [1.54, 1.807) is 0 Å². The minimum atomic E-state index is 0.423. The molecule has 0 amide bonds. The fourth-order valence-electron chi connectivity index (χ4n) is 19.2. The smallest absolute Gasteiger partial charge is 0.124 e. The fourth-order valence-corrected chi connectivity index (χ4v) is 19.2. The first-order valence-corrected chi connectivity index (χ1v) is 46.8. The molecule has 0 aromatic heterocycles. The van der Waals surface area contributed by atoms with Crippen molar-refractivity contribution in [2.24, 2.45) is 0 Å². The largest absolute Gasteiger partial charge is 0.507 e. The van der Waals surface area contributed by atoms with Crippen LogP contribution < -0.4 is 14.7 Å². The summed E-state index contributed by atoms with van der Waals surface area (Å²) in [5.74, 6) is 0.423. The number of phenols is 1. The number of fused-ring (bicyclic) bond motifs is 9. The number of aromatic hydroxyl groups is 1. The Morgan fingerprint density at radius 3 is 0.697 bits per heavy atom. The molecule has 0 aliphatic heterocycles. The molecule has 4 heteroatoms. The van der Waals surface area contributed by atoms with Gasteiger partial charge in [0.25, 0.3) is 0 Å². The third-order valence-electron chi connectivity index (χ3n) is 25.6. The Kier molecular flexibility index (Phi) is 38.0. The van der Waals surface area contributed by atoms with Crippen LogP contribution >= 0.6 is 0 Å². The van der Waals surface area contributed by atoms with Gasteiger partial charge in [-0.05, 0) is 160 Å². The Morgan fingerprint density at radius 1 is 0.202 bits per heavy atom. The average Bonchev–Trinajstić information content (AvgIpc) is 1.66. The molecule has 4 nitrogen and oxygen atoms in total. The molecular formula is C105H153N3O. The molecule has 3 aliphatic carbocycles. The normalized spacial score (nSPS) is 12.4. The molecule has 7 aromatic rings. The molecule has 3 aliphatic rings. The highest BCUT2D eigenvalue weighted by Crippen LogP contribution is 2.59. The lowest BCUT2D eigenvalue weighted by Gasteiger charge is -2.34. The van der Waals surface area contributed by atoms with E-state index < -0.39 is 0 Å². The zero-order valence-electron chi connectivity index (χ0n) is 70.6. The molecule has 0 heterocycles. The highest BCUT2D eigenvalue weighted by molar-refractivity contribution is 6.10. The van der Waals surface area contributed by atoms with E-state index in [4.69, 9.17) is 0 Å². The van der Waals surface area contributed by atoms with Crippen molar-refractivity contribution in [2.75, 3.05) is 54.0 Å². The van der Waals surface area contributed by atoms with Gasteiger partial charge < -0.3 is 19.8 Å². The van der Waals surface area contributed by atoms with Gasteiger partial charge in [0, 0.05) is 84.1 Å². The molecule has 0 unspecified atom stereocenters. The highest BCUT2D eigenvalue weighted by atomic mass is 16.3. The standard InChI is InChI=1S/C105H153N3O/c1-7-13-19-25-31-37-43-55-75-106(76-56-44-38-32-26-20-14-8-2)97-71-67-90-87-64-52-49-61-84(87)81-94(90)101(97)93-70-74-100(109)105(103-96-83-86-63-51-54-66-89(86)92(96)69-73-99(103)108(79-59-47-41-35-29-23-17-11-5)80-60-48-42-36-30-24-18-12-6)104(93)102-95-82-85-62-50-53-65-88(85)91(95)68-72-98(102)107(77-57-45-39-33-27-21-15-9-3)78-58-46-40-34-28-22-16-10-4/h49-54,61-74,109H,7-48,55-60,75-83H2,1-6H3. The predicted octanol–water partition coefficient (Wildman–Crippen LogP) is 32.4. The third kappa shape index (κ3) is 24.6. The van der Waals surface area contributed by atoms with Crippen molar-refractivity contribution < 1.29 is 5.11 Å². The molecular weight excluding hydrogens is 1320 g/mol. The Morgan fingerprint density at radius 2 is 0.422 bits per heavy atom. The molecule has 0 fully saturated rings. The minimum Gasteiger partial charge on any atom is -0.507 e. The van der Waals surface area contributed by atoms with Crippen molar-refractivity contribution in [1.82, 2.24) is 0 Å².